The van der Waals surface area contributed by atoms with Crippen LogP contribution in [0.3, 0.4) is 0 Å². The van der Waals surface area contributed by atoms with Crippen LogP contribution in [-0.4, -0.2) is 53.4 Å². The molecule has 1 saturated carbocycles. The Balaban J connectivity index is 0.000000241. The number of nitrogens with one attached hydrogen (secondary N) is 2. The smallest absolute Gasteiger partial charge is 0.307 e. The molecule has 0 unspecified atom stereocenters. The molecule has 9 nitrogen and oxygen atoms in total. The molecule has 2 aromatic rings. The predicted octanol–water partition coefficient (Wildman–Crippen LogP) is 6.14. The van der Waals surface area contributed by atoms with Gasteiger partial charge in [0, 0.05) is 43.6 Å². The van der Waals surface area contributed by atoms with Crippen LogP contribution < -0.4 is 16.4 Å². The number of pyridine rings is 2. The number of nitrogen functional groups attached to an aromatic ring is 1. The average Bonchev–Trinajstić information content (AvgIpc) is 2.93. The number of hydrogen-bond acceptors (Lipinski definition) is 9. The number of nitriles is 1. The molecular formula is C31H45ClN6O3. The Kier molecular flexibility index (Phi) is 12.2. The van der Waals surface area contributed by atoms with E-state index in [0.29, 0.717) is 54.6 Å². The lowest BCUT2D eigenvalue weighted by Crippen LogP contribution is -2.39. The van der Waals surface area contributed by atoms with Crippen molar-refractivity contribution in [1.82, 2.24) is 15.3 Å². The molecule has 2 aromatic heterocycles. The molecular weight excluding hydrogens is 540 g/mol. The zero-order valence-electron chi connectivity index (χ0n) is 24.8. The summed E-state index contributed by atoms with van der Waals surface area (Å²) in [5.74, 6) is 0.980. The third-order valence-electron chi connectivity index (χ3n) is 7.21. The minimum atomic E-state index is -0.408. The molecule has 0 radical (unpaired) electrons. The van der Waals surface area contributed by atoms with E-state index in [-0.39, 0.29) is 17.6 Å². The first kappa shape index (κ1) is 32.6. The molecule has 1 aliphatic carbocycles. The highest BCUT2D eigenvalue weighted by Gasteiger charge is 2.32. The lowest BCUT2D eigenvalue weighted by atomic mass is 9.82. The van der Waals surface area contributed by atoms with E-state index in [1.807, 2.05) is 39.0 Å². The van der Waals surface area contributed by atoms with Crippen molar-refractivity contribution in [2.24, 2.45) is 5.41 Å². The number of carbonyl (C=O) groups excluding carboxylic acids is 1. The van der Waals surface area contributed by atoms with Gasteiger partial charge in [0.15, 0.2) is 0 Å². The molecule has 224 valence electrons. The number of nitrogens with zero attached hydrogens (tertiary/aromatic N) is 3. The largest absolute Gasteiger partial charge is 0.460 e. The van der Waals surface area contributed by atoms with Crippen molar-refractivity contribution in [2.45, 2.75) is 96.7 Å². The number of anilines is 2. The van der Waals surface area contributed by atoms with Crippen LogP contribution in [0.15, 0.2) is 30.5 Å². The van der Waals surface area contributed by atoms with Gasteiger partial charge in [-0.3, -0.25) is 4.79 Å². The molecule has 4 N–H and O–H groups in total. The fourth-order valence-corrected chi connectivity index (χ4v) is 5.25. The van der Waals surface area contributed by atoms with Crippen molar-refractivity contribution in [1.29, 1.82) is 5.26 Å². The van der Waals surface area contributed by atoms with Crippen LogP contribution in [0.2, 0.25) is 5.02 Å². The van der Waals surface area contributed by atoms with Gasteiger partial charge in [0.2, 0.25) is 0 Å². The van der Waals surface area contributed by atoms with Crippen molar-refractivity contribution in [3.63, 3.8) is 0 Å². The highest BCUT2D eigenvalue weighted by atomic mass is 35.5. The zero-order chi connectivity index (χ0) is 29.9. The van der Waals surface area contributed by atoms with E-state index < -0.39 is 5.41 Å². The SMILES string of the molecule is C[C@H](CC(=O)OC(C)(C)C)NC1CCCCC1.N#CC1(CNc2cccc(-c3cc(N)ncc3Cl)n2)CCOCC1. The Morgan fingerprint density at radius 2 is 1.98 bits per heavy atom. The Labute approximate surface area is 249 Å². The molecule has 3 heterocycles. The number of nitrogens with two attached hydrogens (primary N) is 1. The zero-order valence-corrected chi connectivity index (χ0v) is 25.6. The van der Waals surface area contributed by atoms with Gasteiger partial charge < -0.3 is 25.8 Å². The van der Waals surface area contributed by atoms with Crippen molar-refractivity contribution in [3.05, 3.63) is 35.5 Å². The predicted molar refractivity (Wildman–Crippen MR) is 163 cm³/mol. The fraction of sp³-hybridized carbons (Fsp3) is 0.613. The van der Waals surface area contributed by atoms with Crippen LogP contribution in [-0.2, 0) is 14.3 Å². The number of carbonyl (C=O) groups is 1. The molecule has 1 atom stereocenters. The lowest BCUT2D eigenvalue weighted by molar-refractivity contribution is -0.155. The summed E-state index contributed by atoms with van der Waals surface area (Å²) >= 11 is 6.19. The van der Waals surface area contributed by atoms with Gasteiger partial charge in [-0.15, -0.1) is 0 Å². The number of hydrogen-bond donors (Lipinski definition) is 3. The van der Waals surface area contributed by atoms with E-state index in [4.69, 9.17) is 26.8 Å². The number of esters is 1. The minimum Gasteiger partial charge on any atom is -0.460 e. The first-order chi connectivity index (χ1) is 19.5. The Morgan fingerprint density at radius 3 is 2.63 bits per heavy atom. The summed E-state index contributed by atoms with van der Waals surface area (Å²) < 4.78 is 10.7. The van der Waals surface area contributed by atoms with Crippen molar-refractivity contribution in [2.75, 3.05) is 30.8 Å². The van der Waals surface area contributed by atoms with Gasteiger partial charge in [-0.2, -0.15) is 5.26 Å². The van der Waals surface area contributed by atoms with Gasteiger partial charge in [0.1, 0.15) is 17.2 Å². The highest BCUT2D eigenvalue weighted by Crippen LogP contribution is 2.31. The van der Waals surface area contributed by atoms with Crippen molar-refractivity contribution < 1.29 is 14.3 Å². The maximum atomic E-state index is 11.6. The number of rotatable bonds is 8. The van der Waals surface area contributed by atoms with Gasteiger partial charge in [-0.1, -0.05) is 36.9 Å². The van der Waals surface area contributed by atoms with Gasteiger partial charge in [0.05, 0.1) is 28.6 Å². The molecule has 4 rings (SSSR count). The summed E-state index contributed by atoms with van der Waals surface area (Å²) in [7, 11) is 0. The summed E-state index contributed by atoms with van der Waals surface area (Å²) in [5, 5.41) is 16.8. The average molecular weight is 585 g/mol. The second-order valence-electron chi connectivity index (χ2n) is 12.0. The maximum Gasteiger partial charge on any atom is 0.307 e. The molecule has 0 spiro atoms. The second-order valence-corrected chi connectivity index (χ2v) is 12.5. The van der Waals surface area contributed by atoms with E-state index >= 15 is 0 Å². The topological polar surface area (TPSA) is 135 Å². The summed E-state index contributed by atoms with van der Waals surface area (Å²) in [6.45, 7) is 9.57. The van der Waals surface area contributed by atoms with E-state index in [1.165, 1.54) is 38.3 Å². The van der Waals surface area contributed by atoms with E-state index in [9.17, 15) is 10.1 Å². The van der Waals surface area contributed by atoms with E-state index in [0.717, 1.165) is 18.4 Å². The number of halogens is 1. The molecule has 1 aliphatic heterocycles. The quantitative estimate of drug-likeness (QED) is 0.312. The molecule has 0 aromatic carbocycles. The Hall–Kier alpha value is -2.93. The summed E-state index contributed by atoms with van der Waals surface area (Å²) in [4.78, 5) is 20.2. The molecule has 0 amide bonds. The van der Waals surface area contributed by atoms with Crippen LogP contribution in [0, 0.1) is 16.7 Å². The molecule has 0 bridgehead atoms. The third-order valence-corrected chi connectivity index (χ3v) is 7.52. The van der Waals surface area contributed by atoms with Crippen LogP contribution in [0.25, 0.3) is 11.3 Å². The number of ether oxygens (including phenoxy) is 2. The van der Waals surface area contributed by atoms with Crippen molar-refractivity contribution >= 4 is 29.2 Å². The molecule has 2 aliphatic rings. The minimum absolute atomic E-state index is 0.103. The highest BCUT2D eigenvalue weighted by molar-refractivity contribution is 6.33. The first-order valence-corrected chi connectivity index (χ1v) is 15.0. The molecule has 10 heteroatoms. The Bertz CT molecular complexity index is 1170. The van der Waals surface area contributed by atoms with Crippen molar-refractivity contribution in [3.8, 4) is 17.3 Å². The second kappa shape index (κ2) is 15.3. The fourth-order valence-electron chi connectivity index (χ4n) is 5.05. The first-order valence-electron chi connectivity index (χ1n) is 14.6. The normalized spacial score (nSPS) is 17.9. The van der Waals surface area contributed by atoms with Crippen LogP contribution in [0.5, 0.6) is 0 Å². The maximum absolute atomic E-state index is 11.6. The Morgan fingerprint density at radius 1 is 1.27 bits per heavy atom. The van der Waals surface area contributed by atoms with Gasteiger partial charge in [-0.05, 0) is 71.6 Å². The standard InChI is InChI=1S/C17H18ClN5O.C14H27NO2/c18-13-9-21-15(20)8-12(13)14-2-1-3-16(23-14)22-11-17(10-19)4-6-24-7-5-17;1-11(10-13(16)17-14(2,3)4)15-12-8-6-5-7-9-12/h1-3,8-9H,4-7,11H2,(H2,20,21)(H,22,23);11-12,15H,5-10H2,1-4H3/t;11-/m.1/s1. The molecule has 2 fully saturated rings. The lowest BCUT2D eigenvalue weighted by Gasteiger charge is -2.30. The summed E-state index contributed by atoms with van der Waals surface area (Å²) in [6.07, 6.45) is 9.92. The van der Waals surface area contributed by atoms with Gasteiger partial charge in [-0.25, -0.2) is 9.97 Å². The number of aromatic nitrogens is 2. The van der Waals surface area contributed by atoms with Gasteiger partial charge >= 0.3 is 5.97 Å². The van der Waals surface area contributed by atoms with Crippen LogP contribution >= 0.6 is 11.6 Å². The van der Waals surface area contributed by atoms with Crippen LogP contribution in [0.1, 0.15) is 79.1 Å². The van der Waals surface area contributed by atoms with Crippen LogP contribution in [0.4, 0.5) is 11.6 Å². The van der Waals surface area contributed by atoms with Gasteiger partial charge in [0.25, 0.3) is 0 Å². The molecule has 41 heavy (non-hydrogen) atoms. The van der Waals surface area contributed by atoms with E-state index in [2.05, 4.69) is 33.6 Å². The summed E-state index contributed by atoms with van der Waals surface area (Å²) in [6, 6.07) is 10.6. The summed E-state index contributed by atoms with van der Waals surface area (Å²) in [5.41, 5.74) is 6.39. The molecule has 1 saturated heterocycles. The van der Waals surface area contributed by atoms with E-state index in [1.54, 1.807) is 6.07 Å². The third kappa shape index (κ3) is 11.1. The monoisotopic (exact) mass is 584 g/mol.